The smallest absolute Gasteiger partial charge is 0.321 e. The first-order chi connectivity index (χ1) is 8.97. The molecule has 0 aromatic carbocycles. The van der Waals surface area contributed by atoms with Crippen LogP contribution in [0.25, 0.3) is 0 Å². The second kappa shape index (κ2) is 5.69. The van der Waals surface area contributed by atoms with Crippen molar-refractivity contribution in [2.75, 3.05) is 6.54 Å². The molecule has 6 nitrogen and oxygen atoms in total. The molecule has 0 bridgehead atoms. The number of likely N-dealkylation sites (tertiary alicyclic amines) is 1. The van der Waals surface area contributed by atoms with Crippen molar-refractivity contribution < 1.29 is 14.4 Å². The average molecular weight is 267 g/mol. The van der Waals surface area contributed by atoms with E-state index in [2.05, 4.69) is 24.0 Å². The van der Waals surface area contributed by atoms with Crippen molar-refractivity contribution in [1.29, 1.82) is 0 Å². The number of aromatic nitrogens is 2. The van der Waals surface area contributed by atoms with Gasteiger partial charge in [0.25, 0.3) is 0 Å². The van der Waals surface area contributed by atoms with Gasteiger partial charge in [-0.15, -0.1) is 0 Å². The number of carboxylic acids is 1. The van der Waals surface area contributed by atoms with Crippen molar-refractivity contribution in [2.45, 2.75) is 46.2 Å². The quantitative estimate of drug-likeness (QED) is 0.872. The average Bonchev–Trinajstić information content (AvgIpc) is 2.86. The van der Waals surface area contributed by atoms with E-state index in [9.17, 15) is 9.90 Å². The molecule has 1 fully saturated rings. The Balaban J connectivity index is 2.00. The van der Waals surface area contributed by atoms with Crippen LogP contribution in [0.5, 0.6) is 0 Å². The van der Waals surface area contributed by atoms with Crippen molar-refractivity contribution in [3.05, 3.63) is 11.7 Å². The summed E-state index contributed by atoms with van der Waals surface area (Å²) in [5.41, 5.74) is 0. The molecule has 0 amide bonds. The highest BCUT2D eigenvalue weighted by Gasteiger charge is 2.37. The third kappa shape index (κ3) is 3.32. The fraction of sp³-hybridized carbons (Fsp3) is 0.769. The first-order valence-corrected chi connectivity index (χ1v) is 6.75. The topological polar surface area (TPSA) is 79.5 Å². The number of aliphatic carboxylic acids is 1. The van der Waals surface area contributed by atoms with Gasteiger partial charge in [-0.3, -0.25) is 9.69 Å². The van der Waals surface area contributed by atoms with Crippen LogP contribution in [-0.2, 0) is 17.8 Å². The van der Waals surface area contributed by atoms with Gasteiger partial charge < -0.3 is 9.63 Å². The summed E-state index contributed by atoms with van der Waals surface area (Å²) in [5, 5.41) is 13.2. The van der Waals surface area contributed by atoms with Gasteiger partial charge in [0.2, 0.25) is 5.89 Å². The molecule has 2 unspecified atom stereocenters. The van der Waals surface area contributed by atoms with Gasteiger partial charge in [0.15, 0.2) is 5.82 Å². The molecular formula is C13H21N3O3. The van der Waals surface area contributed by atoms with Crippen LogP contribution in [0.3, 0.4) is 0 Å². The maximum absolute atomic E-state index is 11.3. The highest BCUT2D eigenvalue weighted by molar-refractivity contribution is 5.74. The second-order valence-corrected chi connectivity index (χ2v) is 5.72. The lowest BCUT2D eigenvalue weighted by Crippen LogP contribution is -2.38. The molecule has 19 heavy (non-hydrogen) atoms. The fourth-order valence-corrected chi connectivity index (χ4v) is 2.58. The van der Waals surface area contributed by atoms with Crippen LogP contribution >= 0.6 is 0 Å². The van der Waals surface area contributed by atoms with Crippen molar-refractivity contribution in [2.24, 2.45) is 11.8 Å². The molecule has 1 aromatic rings. The summed E-state index contributed by atoms with van der Waals surface area (Å²) in [6, 6.07) is -0.444. The van der Waals surface area contributed by atoms with Crippen LogP contribution in [-0.4, -0.2) is 38.7 Å². The van der Waals surface area contributed by atoms with Crippen molar-refractivity contribution in [3.63, 3.8) is 0 Å². The number of hydrogen-bond acceptors (Lipinski definition) is 5. The summed E-state index contributed by atoms with van der Waals surface area (Å²) < 4.78 is 5.20. The number of nitrogens with zero attached hydrogens (tertiary/aromatic N) is 3. The summed E-state index contributed by atoms with van der Waals surface area (Å²) in [5.74, 6) is 1.08. The summed E-state index contributed by atoms with van der Waals surface area (Å²) >= 11 is 0. The van der Waals surface area contributed by atoms with Crippen molar-refractivity contribution in [1.82, 2.24) is 15.0 Å². The molecule has 0 radical (unpaired) electrons. The molecule has 0 saturated carbocycles. The predicted molar refractivity (Wildman–Crippen MR) is 68.5 cm³/mol. The van der Waals surface area contributed by atoms with Gasteiger partial charge >= 0.3 is 5.97 Å². The first kappa shape index (κ1) is 14.0. The lowest BCUT2D eigenvalue weighted by molar-refractivity contribution is -0.143. The van der Waals surface area contributed by atoms with Gasteiger partial charge in [-0.25, -0.2) is 0 Å². The summed E-state index contributed by atoms with van der Waals surface area (Å²) in [7, 11) is 0. The molecule has 2 atom stereocenters. The Labute approximate surface area is 112 Å². The maximum Gasteiger partial charge on any atom is 0.321 e. The van der Waals surface area contributed by atoms with Gasteiger partial charge in [0.1, 0.15) is 6.04 Å². The number of carbonyl (C=O) groups is 1. The van der Waals surface area contributed by atoms with E-state index in [-0.39, 0.29) is 5.92 Å². The van der Waals surface area contributed by atoms with Crippen LogP contribution in [0, 0.1) is 11.8 Å². The van der Waals surface area contributed by atoms with Gasteiger partial charge in [0, 0.05) is 6.42 Å². The Kier molecular flexibility index (Phi) is 4.19. The number of carboxylic acid groups (broad SMARTS) is 1. The Morgan fingerprint density at radius 2 is 2.32 bits per heavy atom. The number of rotatable bonds is 5. The monoisotopic (exact) mass is 267 g/mol. The van der Waals surface area contributed by atoms with Crippen molar-refractivity contribution >= 4 is 5.97 Å². The molecule has 106 valence electrons. The zero-order chi connectivity index (χ0) is 14.0. The highest BCUT2D eigenvalue weighted by atomic mass is 16.5. The van der Waals surface area contributed by atoms with Crippen LogP contribution in [0.1, 0.15) is 38.9 Å². The lowest BCUT2D eigenvalue weighted by atomic mass is 10.0. The van der Waals surface area contributed by atoms with Gasteiger partial charge in [0.05, 0.1) is 6.54 Å². The van der Waals surface area contributed by atoms with Crippen LogP contribution in [0.2, 0.25) is 0 Å². The fourth-order valence-electron chi connectivity index (χ4n) is 2.58. The summed E-state index contributed by atoms with van der Waals surface area (Å²) in [6.07, 6.45) is 1.67. The summed E-state index contributed by atoms with van der Waals surface area (Å²) in [4.78, 5) is 17.5. The normalized spacial score (nSPS) is 24.2. The molecule has 6 heteroatoms. The van der Waals surface area contributed by atoms with E-state index in [4.69, 9.17) is 4.52 Å². The lowest BCUT2D eigenvalue weighted by Gasteiger charge is -2.20. The standard InChI is InChI=1S/C13H21N3O3/c1-8(2)6-10-14-11(19-15-10)7-16-5-4-9(3)12(16)13(17)18/h8-9,12H,4-7H2,1-3H3,(H,17,18). The van der Waals surface area contributed by atoms with E-state index in [1.54, 1.807) is 0 Å². The first-order valence-electron chi connectivity index (χ1n) is 6.75. The van der Waals surface area contributed by atoms with E-state index < -0.39 is 12.0 Å². The Bertz CT molecular complexity index is 444. The molecule has 1 aliphatic heterocycles. The second-order valence-electron chi connectivity index (χ2n) is 5.72. The van der Waals surface area contributed by atoms with Crippen LogP contribution in [0.15, 0.2) is 4.52 Å². The molecule has 1 aliphatic rings. The van der Waals surface area contributed by atoms with Gasteiger partial charge in [-0.1, -0.05) is 25.9 Å². The van der Waals surface area contributed by atoms with E-state index in [0.29, 0.717) is 24.2 Å². The Morgan fingerprint density at radius 1 is 1.58 bits per heavy atom. The molecule has 1 N–H and O–H groups in total. The molecule has 0 aliphatic carbocycles. The maximum atomic E-state index is 11.3. The van der Waals surface area contributed by atoms with Crippen LogP contribution in [0.4, 0.5) is 0 Å². The summed E-state index contributed by atoms with van der Waals surface area (Å²) in [6.45, 7) is 7.35. The van der Waals surface area contributed by atoms with E-state index in [1.165, 1.54) is 0 Å². The molecule has 2 rings (SSSR count). The molecule has 0 spiro atoms. The van der Waals surface area contributed by atoms with Crippen molar-refractivity contribution in [3.8, 4) is 0 Å². The third-order valence-electron chi connectivity index (χ3n) is 3.50. The molecule has 1 saturated heterocycles. The Hall–Kier alpha value is -1.43. The minimum Gasteiger partial charge on any atom is -0.480 e. The predicted octanol–water partition coefficient (Wildman–Crippen LogP) is 1.56. The van der Waals surface area contributed by atoms with Gasteiger partial charge in [-0.05, 0) is 24.8 Å². The third-order valence-corrected chi connectivity index (χ3v) is 3.50. The largest absolute Gasteiger partial charge is 0.480 e. The van der Waals surface area contributed by atoms with E-state index in [0.717, 1.165) is 19.4 Å². The zero-order valence-electron chi connectivity index (χ0n) is 11.7. The minimum atomic E-state index is -0.771. The highest BCUT2D eigenvalue weighted by Crippen LogP contribution is 2.25. The van der Waals surface area contributed by atoms with E-state index >= 15 is 0 Å². The van der Waals surface area contributed by atoms with E-state index in [1.807, 2.05) is 11.8 Å². The number of hydrogen-bond donors (Lipinski definition) is 1. The molecule has 1 aromatic heterocycles. The van der Waals surface area contributed by atoms with Crippen LogP contribution < -0.4 is 0 Å². The molecular weight excluding hydrogens is 246 g/mol. The SMILES string of the molecule is CC(C)Cc1noc(CN2CCC(C)C2C(=O)O)n1. The van der Waals surface area contributed by atoms with Gasteiger partial charge in [-0.2, -0.15) is 4.98 Å². The zero-order valence-corrected chi connectivity index (χ0v) is 11.7. The molecule has 2 heterocycles. The minimum absolute atomic E-state index is 0.163. The Morgan fingerprint density at radius 3 is 2.95 bits per heavy atom.